The number of rotatable bonds is 2. The van der Waals surface area contributed by atoms with Gasteiger partial charge in [0.05, 0.1) is 5.69 Å². The Kier molecular flexibility index (Phi) is 4.78. The standard InChI is InChI=1S/C22H27F3N4O/c23-22(24,25)18-14-17(21-8-5-15(6-9-21)7-10-21)26-19-13-16(27-29(18)19)20(30)28-11-3-1-2-4-12-28/h13-15H,1-12H2. The average Bonchev–Trinajstić information content (AvgIpc) is 2.99. The smallest absolute Gasteiger partial charge is 0.337 e. The van der Waals surface area contributed by atoms with Gasteiger partial charge in [-0.15, -0.1) is 0 Å². The summed E-state index contributed by atoms with van der Waals surface area (Å²) in [5.74, 6) is 0.416. The van der Waals surface area contributed by atoms with E-state index >= 15 is 0 Å². The molecule has 0 spiro atoms. The van der Waals surface area contributed by atoms with Crippen molar-refractivity contribution in [3.8, 4) is 0 Å². The zero-order chi connectivity index (χ0) is 20.9. The lowest BCUT2D eigenvalue weighted by Crippen LogP contribution is -2.38. The van der Waals surface area contributed by atoms with Crippen LogP contribution in [0.5, 0.6) is 0 Å². The number of hydrogen-bond acceptors (Lipinski definition) is 3. The summed E-state index contributed by atoms with van der Waals surface area (Å²) >= 11 is 0. The SMILES string of the molecule is O=C(c1cc2nc(C34CCC(CC3)CC4)cc(C(F)(F)F)n2n1)N1CCCCCC1. The molecule has 1 amide bonds. The van der Waals surface area contributed by atoms with E-state index in [0.717, 1.165) is 68.7 Å². The minimum Gasteiger partial charge on any atom is -0.337 e. The van der Waals surface area contributed by atoms with E-state index in [2.05, 4.69) is 10.1 Å². The molecule has 6 rings (SSSR count). The van der Waals surface area contributed by atoms with Crippen LogP contribution in [0.1, 0.15) is 86.1 Å². The minimum absolute atomic E-state index is 0.0527. The quantitative estimate of drug-likeness (QED) is 0.688. The van der Waals surface area contributed by atoms with Crippen LogP contribution in [-0.4, -0.2) is 38.5 Å². The van der Waals surface area contributed by atoms with Crippen molar-refractivity contribution in [1.29, 1.82) is 0 Å². The van der Waals surface area contributed by atoms with E-state index in [1.807, 2.05) is 0 Å². The lowest BCUT2D eigenvalue weighted by molar-refractivity contribution is -0.142. The predicted molar refractivity (Wildman–Crippen MR) is 105 cm³/mol. The summed E-state index contributed by atoms with van der Waals surface area (Å²) in [6, 6.07) is 2.63. The van der Waals surface area contributed by atoms with Crippen LogP contribution in [0.4, 0.5) is 13.2 Å². The fourth-order valence-corrected chi connectivity index (χ4v) is 5.62. The molecule has 2 aromatic rings. The van der Waals surface area contributed by atoms with E-state index in [1.54, 1.807) is 4.90 Å². The third-order valence-electron chi connectivity index (χ3n) is 7.47. The number of fused-ring (bicyclic) bond motifs is 4. The van der Waals surface area contributed by atoms with Gasteiger partial charge in [0.1, 0.15) is 5.69 Å². The summed E-state index contributed by atoms with van der Waals surface area (Å²) in [7, 11) is 0. The van der Waals surface area contributed by atoms with Gasteiger partial charge in [-0.1, -0.05) is 12.8 Å². The van der Waals surface area contributed by atoms with Crippen molar-refractivity contribution in [3.63, 3.8) is 0 Å². The van der Waals surface area contributed by atoms with Gasteiger partial charge in [-0.2, -0.15) is 18.3 Å². The topological polar surface area (TPSA) is 50.5 Å². The Morgan fingerprint density at radius 1 is 1.00 bits per heavy atom. The monoisotopic (exact) mass is 420 g/mol. The molecule has 0 aromatic carbocycles. The highest BCUT2D eigenvalue weighted by molar-refractivity contribution is 5.93. The van der Waals surface area contributed by atoms with Gasteiger partial charge >= 0.3 is 6.18 Å². The maximum Gasteiger partial charge on any atom is 0.433 e. The predicted octanol–water partition coefficient (Wildman–Crippen LogP) is 4.99. The van der Waals surface area contributed by atoms with Crippen molar-refractivity contribution in [1.82, 2.24) is 19.5 Å². The molecule has 4 aliphatic rings. The van der Waals surface area contributed by atoms with Crippen molar-refractivity contribution in [2.24, 2.45) is 5.92 Å². The zero-order valence-corrected chi connectivity index (χ0v) is 17.0. The van der Waals surface area contributed by atoms with Crippen LogP contribution in [0.25, 0.3) is 5.65 Å². The normalized spacial score (nSPS) is 27.4. The van der Waals surface area contributed by atoms with Crippen molar-refractivity contribution in [3.05, 3.63) is 29.2 Å². The van der Waals surface area contributed by atoms with Crippen LogP contribution in [0.15, 0.2) is 12.1 Å². The van der Waals surface area contributed by atoms with Crippen LogP contribution >= 0.6 is 0 Å². The summed E-state index contributed by atoms with van der Waals surface area (Å²) in [4.78, 5) is 19.3. The Morgan fingerprint density at radius 3 is 2.23 bits per heavy atom. The highest BCUT2D eigenvalue weighted by atomic mass is 19.4. The molecule has 4 fully saturated rings. The zero-order valence-electron chi connectivity index (χ0n) is 17.0. The molecule has 3 aliphatic carbocycles. The Labute approximate surface area is 173 Å². The van der Waals surface area contributed by atoms with Gasteiger partial charge in [-0.05, 0) is 63.4 Å². The van der Waals surface area contributed by atoms with Crippen LogP contribution in [-0.2, 0) is 11.6 Å². The van der Waals surface area contributed by atoms with E-state index in [1.165, 1.54) is 12.1 Å². The van der Waals surface area contributed by atoms with E-state index in [4.69, 9.17) is 0 Å². The number of halogens is 3. The van der Waals surface area contributed by atoms with Crippen molar-refractivity contribution < 1.29 is 18.0 Å². The number of amides is 1. The van der Waals surface area contributed by atoms with E-state index in [-0.39, 0.29) is 22.7 Å². The molecule has 2 bridgehead atoms. The van der Waals surface area contributed by atoms with Crippen LogP contribution in [0, 0.1) is 5.92 Å². The number of hydrogen-bond donors (Lipinski definition) is 0. The number of nitrogens with zero attached hydrogens (tertiary/aromatic N) is 4. The summed E-state index contributed by atoms with van der Waals surface area (Å²) < 4.78 is 42.6. The third kappa shape index (κ3) is 3.38. The molecule has 0 unspecified atom stereocenters. The van der Waals surface area contributed by atoms with Crippen LogP contribution in [0.2, 0.25) is 0 Å². The molecule has 1 aliphatic heterocycles. The van der Waals surface area contributed by atoms with Crippen molar-refractivity contribution in [2.75, 3.05) is 13.1 Å². The second-order valence-corrected chi connectivity index (χ2v) is 9.29. The Bertz CT molecular complexity index is 937. The molecular formula is C22H27F3N4O. The number of likely N-dealkylation sites (tertiary alicyclic amines) is 1. The maximum atomic E-state index is 13.9. The first-order valence-corrected chi connectivity index (χ1v) is 11.1. The molecule has 3 heterocycles. The fraction of sp³-hybridized carbons (Fsp3) is 0.682. The first-order valence-electron chi connectivity index (χ1n) is 11.1. The van der Waals surface area contributed by atoms with Gasteiger partial charge in [0.25, 0.3) is 5.91 Å². The molecule has 1 saturated heterocycles. The van der Waals surface area contributed by atoms with E-state index in [0.29, 0.717) is 24.7 Å². The molecule has 2 aromatic heterocycles. The average molecular weight is 420 g/mol. The molecule has 162 valence electrons. The number of carbonyl (C=O) groups excluding carboxylic acids is 1. The molecule has 0 atom stereocenters. The summed E-state index contributed by atoms with van der Waals surface area (Å²) in [6.07, 6.45) is 5.28. The lowest BCUT2D eigenvalue weighted by atomic mass is 9.59. The van der Waals surface area contributed by atoms with Gasteiger partial charge in [0.2, 0.25) is 0 Å². The highest BCUT2D eigenvalue weighted by Crippen LogP contribution is 2.51. The van der Waals surface area contributed by atoms with Crippen molar-refractivity contribution >= 4 is 11.6 Å². The third-order valence-corrected chi connectivity index (χ3v) is 7.47. The van der Waals surface area contributed by atoms with E-state index in [9.17, 15) is 18.0 Å². The van der Waals surface area contributed by atoms with Gasteiger partial charge in [-0.3, -0.25) is 4.79 Å². The van der Waals surface area contributed by atoms with Gasteiger partial charge in [-0.25, -0.2) is 9.50 Å². The Morgan fingerprint density at radius 2 is 1.63 bits per heavy atom. The van der Waals surface area contributed by atoms with Crippen LogP contribution < -0.4 is 0 Å². The molecule has 30 heavy (non-hydrogen) atoms. The van der Waals surface area contributed by atoms with Crippen molar-refractivity contribution in [2.45, 2.75) is 75.8 Å². The summed E-state index contributed by atoms with van der Waals surface area (Å²) in [5.41, 5.74) is -0.402. The Hall–Kier alpha value is -2.12. The number of carbonyl (C=O) groups is 1. The molecule has 0 N–H and O–H groups in total. The van der Waals surface area contributed by atoms with Gasteiger partial charge < -0.3 is 4.90 Å². The second kappa shape index (κ2) is 7.24. The number of alkyl halides is 3. The molecular weight excluding hydrogens is 393 g/mol. The first-order chi connectivity index (χ1) is 14.4. The fourth-order valence-electron chi connectivity index (χ4n) is 5.62. The summed E-state index contributed by atoms with van der Waals surface area (Å²) in [5, 5.41) is 4.07. The molecule has 3 saturated carbocycles. The maximum absolute atomic E-state index is 13.9. The highest BCUT2D eigenvalue weighted by Gasteiger charge is 2.45. The molecule has 8 heteroatoms. The molecule has 5 nitrogen and oxygen atoms in total. The molecule has 0 radical (unpaired) electrons. The van der Waals surface area contributed by atoms with E-state index < -0.39 is 11.9 Å². The largest absolute Gasteiger partial charge is 0.433 e. The summed E-state index contributed by atoms with van der Waals surface area (Å²) in [6.45, 7) is 1.25. The van der Waals surface area contributed by atoms with Gasteiger partial charge in [0.15, 0.2) is 11.3 Å². The lowest BCUT2D eigenvalue weighted by Gasteiger charge is -2.46. The second-order valence-electron chi connectivity index (χ2n) is 9.29. The number of aromatic nitrogens is 3. The Balaban J connectivity index is 1.57. The minimum atomic E-state index is -4.56. The first kappa shape index (κ1) is 19.8. The van der Waals surface area contributed by atoms with Crippen LogP contribution in [0.3, 0.4) is 0 Å². The van der Waals surface area contributed by atoms with Gasteiger partial charge in [0, 0.05) is 24.6 Å².